The Kier molecular flexibility index (Phi) is 3.25. The van der Waals surface area contributed by atoms with Crippen LogP contribution in [0.4, 0.5) is 0 Å². The minimum absolute atomic E-state index is 0.0275. The molecule has 2 aliphatic heterocycles. The quantitative estimate of drug-likeness (QED) is 0.785. The molecule has 1 aromatic rings. The van der Waals surface area contributed by atoms with E-state index in [1.807, 2.05) is 4.90 Å². The minimum atomic E-state index is -0.0275. The standard InChI is InChI=1S/C11H15ClN4OS/c1-15-7-2-3-8(15)6-16(5-4-7)10(17)9-13-14-11(12)18-9/h7-8H,2-6H2,1H3. The number of fused-ring (bicyclic) bond motifs is 2. The van der Waals surface area contributed by atoms with Gasteiger partial charge < -0.3 is 4.90 Å². The summed E-state index contributed by atoms with van der Waals surface area (Å²) in [7, 11) is 2.16. The maximum absolute atomic E-state index is 12.3. The molecule has 2 atom stereocenters. The van der Waals surface area contributed by atoms with Crippen molar-refractivity contribution in [3.8, 4) is 0 Å². The molecule has 5 nitrogen and oxygen atoms in total. The molecule has 2 unspecified atom stereocenters. The lowest BCUT2D eigenvalue weighted by Crippen LogP contribution is -2.39. The van der Waals surface area contributed by atoms with Gasteiger partial charge in [0.25, 0.3) is 5.91 Å². The minimum Gasteiger partial charge on any atom is -0.335 e. The highest BCUT2D eigenvalue weighted by Crippen LogP contribution is 2.29. The van der Waals surface area contributed by atoms with Gasteiger partial charge in [-0.25, -0.2) is 0 Å². The monoisotopic (exact) mass is 286 g/mol. The number of hydrogen-bond acceptors (Lipinski definition) is 5. The first-order valence-electron chi connectivity index (χ1n) is 6.15. The first-order valence-corrected chi connectivity index (χ1v) is 7.35. The van der Waals surface area contributed by atoms with Crippen molar-refractivity contribution in [1.29, 1.82) is 0 Å². The predicted octanol–water partition coefficient (Wildman–Crippen LogP) is 1.50. The summed E-state index contributed by atoms with van der Waals surface area (Å²) in [6, 6.07) is 1.12. The molecule has 0 N–H and O–H groups in total. The number of carbonyl (C=O) groups excluding carboxylic acids is 1. The van der Waals surface area contributed by atoms with Crippen LogP contribution >= 0.6 is 22.9 Å². The zero-order valence-corrected chi connectivity index (χ0v) is 11.7. The Morgan fingerprint density at radius 1 is 1.33 bits per heavy atom. The molecule has 0 spiro atoms. The van der Waals surface area contributed by atoms with E-state index < -0.39 is 0 Å². The summed E-state index contributed by atoms with van der Waals surface area (Å²) in [4.78, 5) is 16.6. The molecule has 18 heavy (non-hydrogen) atoms. The smallest absolute Gasteiger partial charge is 0.284 e. The van der Waals surface area contributed by atoms with Crippen LogP contribution in [0.2, 0.25) is 4.47 Å². The fraction of sp³-hybridized carbons (Fsp3) is 0.727. The van der Waals surface area contributed by atoms with Gasteiger partial charge in [-0.05, 0) is 37.9 Å². The molecule has 0 saturated carbocycles. The van der Waals surface area contributed by atoms with E-state index in [1.54, 1.807) is 0 Å². The normalized spacial score (nSPS) is 28.4. The fourth-order valence-electron chi connectivity index (χ4n) is 2.92. The van der Waals surface area contributed by atoms with Gasteiger partial charge in [0.15, 0.2) is 0 Å². The number of aromatic nitrogens is 2. The molecular formula is C11H15ClN4OS. The van der Waals surface area contributed by atoms with Crippen molar-refractivity contribution in [2.24, 2.45) is 0 Å². The molecule has 2 saturated heterocycles. The van der Waals surface area contributed by atoms with Crippen LogP contribution in [-0.2, 0) is 0 Å². The average molecular weight is 287 g/mol. The number of rotatable bonds is 1. The van der Waals surface area contributed by atoms with Crippen LogP contribution in [0, 0.1) is 0 Å². The average Bonchev–Trinajstić information content (AvgIpc) is 2.84. The maximum Gasteiger partial charge on any atom is 0.284 e. The number of hydrogen-bond donors (Lipinski definition) is 0. The topological polar surface area (TPSA) is 49.3 Å². The first-order chi connectivity index (χ1) is 8.65. The highest BCUT2D eigenvalue weighted by Gasteiger charge is 2.36. The van der Waals surface area contributed by atoms with Crippen LogP contribution in [0.1, 0.15) is 29.1 Å². The summed E-state index contributed by atoms with van der Waals surface area (Å²) in [5.41, 5.74) is 0. The molecule has 1 amide bonds. The van der Waals surface area contributed by atoms with Gasteiger partial charge in [0.1, 0.15) is 0 Å². The largest absolute Gasteiger partial charge is 0.335 e. The molecule has 2 bridgehead atoms. The van der Waals surface area contributed by atoms with Crippen molar-refractivity contribution in [2.75, 3.05) is 20.1 Å². The third-order valence-electron chi connectivity index (χ3n) is 4.02. The van der Waals surface area contributed by atoms with Gasteiger partial charge in [-0.15, -0.1) is 10.2 Å². The number of likely N-dealkylation sites (tertiary alicyclic amines) is 1. The number of amides is 1. The fourth-order valence-corrected chi connectivity index (χ4v) is 3.72. The van der Waals surface area contributed by atoms with E-state index in [1.165, 1.54) is 12.8 Å². The maximum atomic E-state index is 12.3. The van der Waals surface area contributed by atoms with Crippen LogP contribution in [0.3, 0.4) is 0 Å². The summed E-state index contributed by atoms with van der Waals surface area (Å²) >= 11 is 6.88. The van der Waals surface area contributed by atoms with E-state index in [0.717, 1.165) is 30.8 Å². The lowest BCUT2D eigenvalue weighted by molar-refractivity contribution is 0.0739. The molecule has 2 aliphatic rings. The van der Waals surface area contributed by atoms with Crippen molar-refractivity contribution in [3.63, 3.8) is 0 Å². The predicted molar refractivity (Wildman–Crippen MR) is 70.0 cm³/mol. The number of carbonyl (C=O) groups is 1. The Morgan fingerprint density at radius 3 is 2.83 bits per heavy atom. The molecule has 0 aliphatic carbocycles. The summed E-state index contributed by atoms with van der Waals surface area (Å²) in [5, 5.41) is 7.93. The van der Waals surface area contributed by atoms with Crippen molar-refractivity contribution >= 4 is 28.8 Å². The Labute approximate surface area is 115 Å². The van der Waals surface area contributed by atoms with E-state index in [4.69, 9.17) is 11.6 Å². The molecule has 3 heterocycles. The highest BCUT2D eigenvalue weighted by molar-refractivity contribution is 7.17. The van der Waals surface area contributed by atoms with Gasteiger partial charge in [0.05, 0.1) is 0 Å². The Morgan fingerprint density at radius 2 is 2.11 bits per heavy atom. The van der Waals surface area contributed by atoms with Crippen LogP contribution < -0.4 is 0 Å². The summed E-state index contributed by atoms with van der Waals surface area (Å²) in [6.45, 7) is 1.60. The van der Waals surface area contributed by atoms with E-state index in [0.29, 0.717) is 21.6 Å². The van der Waals surface area contributed by atoms with E-state index >= 15 is 0 Å². The summed E-state index contributed by atoms with van der Waals surface area (Å²) in [5.74, 6) is -0.0275. The van der Waals surface area contributed by atoms with Gasteiger partial charge in [0.2, 0.25) is 9.47 Å². The first kappa shape index (κ1) is 12.3. The van der Waals surface area contributed by atoms with Gasteiger partial charge in [0, 0.05) is 25.2 Å². The number of likely N-dealkylation sites (N-methyl/N-ethyl adjacent to an activating group) is 1. The molecule has 3 rings (SSSR count). The number of halogens is 1. The molecule has 98 valence electrons. The van der Waals surface area contributed by atoms with Gasteiger partial charge in [-0.3, -0.25) is 9.69 Å². The van der Waals surface area contributed by atoms with Crippen molar-refractivity contribution in [2.45, 2.75) is 31.3 Å². The second-order valence-electron chi connectivity index (χ2n) is 4.95. The molecule has 1 aromatic heterocycles. The van der Waals surface area contributed by atoms with Crippen molar-refractivity contribution < 1.29 is 4.79 Å². The Hall–Kier alpha value is -0.720. The second-order valence-corrected chi connectivity index (χ2v) is 6.51. The third kappa shape index (κ3) is 2.13. The second kappa shape index (κ2) is 4.75. The summed E-state index contributed by atoms with van der Waals surface area (Å²) < 4.78 is 0.326. The SMILES string of the molecule is CN1C2CCC1CN(C(=O)c1nnc(Cl)s1)CC2. The molecule has 7 heteroatoms. The van der Waals surface area contributed by atoms with E-state index in [9.17, 15) is 4.79 Å². The Bertz CT molecular complexity index is 466. The van der Waals surface area contributed by atoms with Crippen LogP contribution in [0.25, 0.3) is 0 Å². The number of nitrogens with zero attached hydrogens (tertiary/aromatic N) is 4. The lowest BCUT2D eigenvalue weighted by Gasteiger charge is -2.24. The zero-order valence-electron chi connectivity index (χ0n) is 10.2. The summed E-state index contributed by atoms with van der Waals surface area (Å²) in [6.07, 6.45) is 3.49. The lowest BCUT2D eigenvalue weighted by atomic mass is 10.1. The Balaban J connectivity index is 1.75. The zero-order chi connectivity index (χ0) is 12.7. The third-order valence-corrected chi connectivity index (χ3v) is 5.03. The molecule has 0 aromatic carbocycles. The van der Waals surface area contributed by atoms with E-state index in [2.05, 4.69) is 22.1 Å². The van der Waals surface area contributed by atoms with Crippen LogP contribution in [0.15, 0.2) is 0 Å². The van der Waals surface area contributed by atoms with Gasteiger partial charge >= 0.3 is 0 Å². The molecule has 2 fully saturated rings. The van der Waals surface area contributed by atoms with E-state index in [-0.39, 0.29) is 5.91 Å². The molecule has 0 radical (unpaired) electrons. The van der Waals surface area contributed by atoms with Crippen LogP contribution in [-0.4, -0.2) is 58.1 Å². The van der Waals surface area contributed by atoms with Crippen molar-refractivity contribution in [1.82, 2.24) is 20.0 Å². The highest BCUT2D eigenvalue weighted by atomic mass is 35.5. The van der Waals surface area contributed by atoms with Crippen molar-refractivity contribution in [3.05, 3.63) is 9.47 Å². The molecular weight excluding hydrogens is 272 g/mol. The van der Waals surface area contributed by atoms with Gasteiger partial charge in [-0.2, -0.15) is 0 Å². The van der Waals surface area contributed by atoms with Gasteiger partial charge in [-0.1, -0.05) is 11.3 Å². The van der Waals surface area contributed by atoms with Crippen LogP contribution in [0.5, 0.6) is 0 Å².